The van der Waals surface area contributed by atoms with Gasteiger partial charge in [-0.3, -0.25) is 9.89 Å². The molecule has 0 bridgehead atoms. The molecular weight excluding hydrogens is 408 g/mol. The van der Waals surface area contributed by atoms with Gasteiger partial charge in [0.25, 0.3) is 0 Å². The average Bonchev–Trinajstić information content (AvgIpc) is 3.38. The molecule has 1 aliphatic carbocycles. The van der Waals surface area contributed by atoms with Crippen molar-refractivity contribution in [1.82, 2.24) is 20.2 Å². The Morgan fingerprint density at radius 1 is 1.12 bits per heavy atom. The van der Waals surface area contributed by atoms with Gasteiger partial charge in [0.15, 0.2) is 17.4 Å². The van der Waals surface area contributed by atoms with E-state index in [1.807, 2.05) is 24.3 Å². The van der Waals surface area contributed by atoms with Crippen LogP contribution in [-0.4, -0.2) is 40.3 Å². The number of H-pyrrole nitrogens is 1. The number of hydrogen-bond acceptors (Lipinski definition) is 7. The summed E-state index contributed by atoms with van der Waals surface area (Å²) in [5.74, 6) is 2.61. The van der Waals surface area contributed by atoms with Crippen molar-refractivity contribution < 1.29 is 14.3 Å². The van der Waals surface area contributed by atoms with Crippen LogP contribution in [0.25, 0.3) is 10.9 Å². The van der Waals surface area contributed by atoms with Crippen LogP contribution in [0.4, 0.5) is 17.3 Å². The summed E-state index contributed by atoms with van der Waals surface area (Å²) in [5, 5.41) is 14.6. The first-order valence-electron chi connectivity index (χ1n) is 10.2. The minimum Gasteiger partial charge on any atom is -0.497 e. The van der Waals surface area contributed by atoms with Gasteiger partial charge in [0.1, 0.15) is 12.1 Å². The molecule has 9 nitrogen and oxygen atoms in total. The van der Waals surface area contributed by atoms with Gasteiger partial charge in [0.2, 0.25) is 5.91 Å². The number of ether oxygens (including phenoxy) is 2. The van der Waals surface area contributed by atoms with E-state index in [0.29, 0.717) is 17.4 Å². The van der Waals surface area contributed by atoms with E-state index in [0.717, 1.165) is 39.9 Å². The molecule has 2 aromatic heterocycles. The molecule has 1 aliphatic heterocycles. The largest absolute Gasteiger partial charge is 0.497 e. The summed E-state index contributed by atoms with van der Waals surface area (Å²) in [6, 6.07) is 11.9. The molecule has 3 heterocycles. The lowest BCUT2D eigenvalue weighted by atomic mass is 9.91. The fraction of sp³-hybridized carbons (Fsp3) is 0.217. The van der Waals surface area contributed by atoms with Gasteiger partial charge in [-0.15, -0.1) is 0 Å². The van der Waals surface area contributed by atoms with Gasteiger partial charge in [-0.2, -0.15) is 5.10 Å². The van der Waals surface area contributed by atoms with Crippen molar-refractivity contribution in [1.29, 1.82) is 0 Å². The van der Waals surface area contributed by atoms with Crippen LogP contribution in [0, 0.1) is 0 Å². The smallest absolute Gasteiger partial charge is 0.235 e. The Balaban J connectivity index is 1.33. The van der Waals surface area contributed by atoms with Crippen molar-refractivity contribution >= 4 is 34.1 Å². The normalized spacial score (nSPS) is 20.8. The fourth-order valence-electron chi connectivity index (χ4n) is 4.72. The molecule has 9 heteroatoms. The maximum Gasteiger partial charge on any atom is 0.235 e. The maximum atomic E-state index is 12.9. The van der Waals surface area contributed by atoms with E-state index < -0.39 is 5.41 Å². The first-order chi connectivity index (χ1) is 15.6. The van der Waals surface area contributed by atoms with Gasteiger partial charge in [0, 0.05) is 17.0 Å². The van der Waals surface area contributed by atoms with E-state index in [-0.39, 0.29) is 11.8 Å². The molecule has 2 atom stereocenters. The Labute approximate surface area is 183 Å². The van der Waals surface area contributed by atoms with E-state index >= 15 is 0 Å². The molecule has 0 radical (unpaired) electrons. The van der Waals surface area contributed by atoms with Crippen LogP contribution < -0.4 is 20.1 Å². The third kappa shape index (κ3) is 2.57. The predicted molar refractivity (Wildman–Crippen MR) is 119 cm³/mol. The third-order valence-corrected chi connectivity index (χ3v) is 6.45. The lowest BCUT2D eigenvalue weighted by molar-refractivity contribution is -0.118. The second kappa shape index (κ2) is 6.68. The van der Waals surface area contributed by atoms with Crippen LogP contribution in [0.15, 0.2) is 48.9 Å². The number of anilines is 3. The number of fused-ring (bicyclic) bond motifs is 3. The van der Waals surface area contributed by atoms with Crippen LogP contribution in [0.1, 0.15) is 23.5 Å². The zero-order valence-corrected chi connectivity index (χ0v) is 17.5. The Hall–Kier alpha value is -4.14. The second-order valence-corrected chi connectivity index (χ2v) is 8.04. The number of methoxy groups -OCH3 is 2. The standard InChI is InChI=1S/C23H20N6O3/c1-31-13-4-6-17-15(8-13)23(22(30)26-17)9-16(23)12-3-5-14-18(7-12)28-29-20(14)27-21-19(32-2)10-24-11-25-21/h3-8,10-11,16H,9H2,1-2H3,(H,26,30)(H2,24,25,27,28,29). The number of rotatable bonds is 5. The summed E-state index contributed by atoms with van der Waals surface area (Å²) in [4.78, 5) is 21.1. The Morgan fingerprint density at radius 2 is 2.03 bits per heavy atom. The maximum absolute atomic E-state index is 12.9. The highest BCUT2D eigenvalue weighted by Gasteiger charge is 2.65. The van der Waals surface area contributed by atoms with Crippen molar-refractivity contribution in [3.05, 3.63) is 60.0 Å². The quantitative estimate of drug-likeness (QED) is 0.446. The summed E-state index contributed by atoms with van der Waals surface area (Å²) < 4.78 is 10.7. The minimum absolute atomic E-state index is 0.0497. The summed E-state index contributed by atoms with van der Waals surface area (Å²) in [7, 11) is 3.20. The SMILES string of the molecule is COc1ccc2c(c1)C1(CC1c1ccc3c(Nc4ncncc4OC)n[nH]c3c1)C(=O)N2. The topological polar surface area (TPSA) is 114 Å². The van der Waals surface area contributed by atoms with Gasteiger partial charge in [0.05, 0.1) is 31.3 Å². The Morgan fingerprint density at radius 3 is 2.88 bits per heavy atom. The number of benzene rings is 2. The molecule has 1 amide bonds. The molecule has 0 saturated heterocycles. The van der Waals surface area contributed by atoms with Crippen LogP contribution in [-0.2, 0) is 10.2 Å². The zero-order valence-electron chi connectivity index (χ0n) is 17.5. The van der Waals surface area contributed by atoms with Gasteiger partial charge in [-0.05, 0) is 47.9 Å². The summed E-state index contributed by atoms with van der Waals surface area (Å²) >= 11 is 0. The molecule has 32 heavy (non-hydrogen) atoms. The van der Waals surface area contributed by atoms with E-state index in [2.05, 4.69) is 42.9 Å². The second-order valence-electron chi connectivity index (χ2n) is 8.04. The monoisotopic (exact) mass is 428 g/mol. The van der Waals surface area contributed by atoms with Gasteiger partial charge >= 0.3 is 0 Å². The van der Waals surface area contributed by atoms with E-state index in [4.69, 9.17) is 9.47 Å². The Kier molecular flexibility index (Phi) is 3.89. The molecule has 160 valence electrons. The number of hydrogen-bond donors (Lipinski definition) is 3. The van der Waals surface area contributed by atoms with Crippen LogP contribution in [0.5, 0.6) is 11.5 Å². The molecule has 2 unspecified atom stereocenters. The molecule has 2 aromatic carbocycles. The highest BCUT2D eigenvalue weighted by Crippen LogP contribution is 2.65. The number of nitrogens with one attached hydrogen (secondary N) is 3. The Bertz CT molecular complexity index is 1380. The van der Waals surface area contributed by atoms with Gasteiger partial charge in [-0.25, -0.2) is 9.97 Å². The molecule has 1 saturated carbocycles. The van der Waals surface area contributed by atoms with Crippen molar-refractivity contribution in [2.45, 2.75) is 17.8 Å². The minimum atomic E-state index is -0.535. The number of aromatic amines is 1. The predicted octanol–water partition coefficient (Wildman–Crippen LogP) is 3.49. The van der Waals surface area contributed by atoms with E-state index in [1.54, 1.807) is 20.4 Å². The van der Waals surface area contributed by atoms with Crippen molar-refractivity contribution in [3.8, 4) is 11.5 Å². The first kappa shape index (κ1) is 18.6. The highest BCUT2D eigenvalue weighted by atomic mass is 16.5. The van der Waals surface area contributed by atoms with E-state index in [9.17, 15) is 4.79 Å². The highest BCUT2D eigenvalue weighted by molar-refractivity contribution is 6.10. The number of carbonyl (C=O) groups excluding carboxylic acids is 1. The van der Waals surface area contributed by atoms with Gasteiger partial charge < -0.3 is 20.1 Å². The summed E-state index contributed by atoms with van der Waals surface area (Å²) in [6.07, 6.45) is 3.81. The molecule has 1 fully saturated rings. The molecule has 1 spiro atoms. The zero-order chi connectivity index (χ0) is 21.9. The fourth-order valence-corrected chi connectivity index (χ4v) is 4.72. The summed E-state index contributed by atoms with van der Waals surface area (Å²) in [5.41, 5.74) is 3.32. The molecule has 2 aliphatic rings. The van der Waals surface area contributed by atoms with Crippen LogP contribution in [0.2, 0.25) is 0 Å². The van der Waals surface area contributed by atoms with Crippen LogP contribution >= 0.6 is 0 Å². The number of amides is 1. The van der Waals surface area contributed by atoms with E-state index in [1.165, 1.54) is 6.33 Å². The first-order valence-corrected chi connectivity index (χ1v) is 10.2. The lowest BCUT2D eigenvalue weighted by Gasteiger charge is -2.10. The van der Waals surface area contributed by atoms with Crippen molar-refractivity contribution in [2.24, 2.45) is 0 Å². The lowest BCUT2D eigenvalue weighted by Crippen LogP contribution is -2.21. The molecule has 4 aromatic rings. The molecule has 3 N–H and O–H groups in total. The number of aromatic nitrogens is 4. The third-order valence-electron chi connectivity index (χ3n) is 6.45. The van der Waals surface area contributed by atoms with Crippen molar-refractivity contribution in [2.75, 3.05) is 24.9 Å². The summed E-state index contributed by atoms with van der Waals surface area (Å²) in [6.45, 7) is 0. The van der Waals surface area contributed by atoms with Crippen LogP contribution in [0.3, 0.4) is 0 Å². The molecule has 6 rings (SSSR count). The van der Waals surface area contributed by atoms with Crippen molar-refractivity contribution in [3.63, 3.8) is 0 Å². The average molecular weight is 428 g/mol. The number of carbonyl (C=O) groups is 1. The van der Waals surface area contributed by atoms with Gasteiger partial charge in [-0.1, -0.05) is 6.07 Å². The molecular formula is C23H20N6O3. The number of nitrogens with zero attached hydrogens (tertiary/aromatic N) is 3.